The lowest BCUT2D eigenvalue weighted by atomic mass is 10.0. The maximum atomic E-state index is 12.3. The van der Waals surface area contributed by atoms with E-state index in [0.29, 0.717) is 5.89 Å². The molecule has 1 fully saturated rings. The van der Waals surface area contributed by atoms with Crippen molar-refractivity contribution in [1.82, 2.24) is 15.5 Å². The van der Waals surface area contributed by atoms with E-state index in [4.69, 9.17) is 4.52 Å². The zero-order valence-corrected chi connectivity index (χ0v) is 11.4. The molecule has 3 rings (SSSR count). The summed E-state index contributed by atoms with van der Waals surface area (Å²) in [5.74, 6) is 0.276. The Morgan fingerprint density at radius 1 is 1.24 bits per heavy atom. The second-order valence-electron chi connectivity index (χ2n) is 4.36. The molecule has 1 saturated heterocycles. The van der Waals surface area contributed by atoms with Crippen LogP contribution in [-0.4, -0.2) is 29.6 Å². The molecule has 1 aromatic heterocycles. The zero-order valence-electron chi connectivity index (χ0n) is 10.6. The number of alkyl halides is 3. The van der Waals surface area contributed by atoms with Gasteiger partial charge >= 0.3 is 6.36 Å². The van der Waals surface area contributed by atoms with Crippen LogP contribution in [0, 0.1) is 0 Å². The molecular formula is C12H11ClF3N3O2. The van der Waals surface area contributed by atoms with Crippen LogP contribution < -0.4 is 10.1 Å². The van der Waals surface area contributed by atoms with Gasteiger partial charge in [0.1, 0.15) is 5.75 Å². The third-order valence-electron chi connectivity index (χ3n) is 2.93. The topological polar surface area (TPSA) is 60.2 Å². The molecule has 0 amide bonds. The van der Waals surface area contributed by atoms with Crippen molar-refractivity contribution in [3.63, 3.8) is 0 Å². The molecule has 1 aliphatic heterocycles. The van der Waals surface area contributed by atoms with Gasteiger partial charge in [0.15, 0.2) is 0 Å². The van der Waals surface area contributed by atoms with Gasteiger partial charge in [0.2, 0.25) is 11.7 Å². The van der Waals surface area contributed by atoms with E-state index < -0.39 is 6.36 Å². The zero-order chi connectivity index (χ0) is 14.2. The van der Waals surface area contributed by atoms with Gasteiger partial charge in [-0.05, 0) is 12.1 Å². The molecule has 0 spiro atoms. The summed E-state index contributed by atoms with van der Waals surface area (Å²) in [6.07, 6.45) is -4.76. The van der Waals surface area contributed by atoms with Crippen LogP contribution in [0.1, 0.15) is 11.8 Å². The van der Waals surface area contributed by atoms with Gasteiger partial charge in [0, 0.05) is 13.1 Å². The Morgan fingerprint density at radius 2 is 1.95 bits per heavy atom. The van der Waals surface area contributed by atoms with Crippen LogP contribution >= 0.6 is 12.4 Å². The number of hydrogen-bond donors (Lipinski definition) is 1. The molecule has 0 bridgehead atoms. The van der Waals surface area contributed by atoms with Gasteiger partial charge < -0.3 is 14.6 Å². The Kier molecular flexibility index (Phi) is 4.38. The minimum absolute atomic E-state index is 0. The van der Waals surface area contributed by atoms with E-state index in [1.165, 1.54) is 18.2 Å². The van der Waals surface area contributed by atoms with Gasteiger partial charge in [-0.15, -0.1) is 25.6 Å². The number of halogens is 4. The third-order valence-corrected chi connectivity index (χ3v) is 2.93. The standard InChI is InChI=1S/C12H10F3N3O2.ClH/c13-12(14,15)19-9-4-2-1-3-8(9)10-17-11(20-18-10)7-5-16-6-7;/h1-4,7,16H,5-6H2;1H. The number of benzene rings is 1. The molecule has 0 atom stereocenters. The summed E-state index contributed by atoms with van der Waals surface area (Å²) in [7, 11) is 0. The SMILES string of the molecule is Cl.FC(F)(F)Oc1ccccc1-c1noc(C2CNC2)n1. The molecular weight excluding hydrogens is 311 g/mol. The molecule has 0 aliphatic carbocycles. The minimum Gasteiger partial charge on any atom is -0.405 e. The Hall–Kier alpha value is -1.80. The quantitative estimate of drug-likeness (QED) is 0.942. The largest absolute Gasteiger partial charge is 0.573 e. The number of nitrogens with zero attached hydrogens (tertiary/aromatic N) is 2. The Labute approximate surface area is 123 Å². The lowest BCUT2D eigenvalue weighted by Gasteiger charge is -2.22. The average Bonchev–Trinajstić information content (AvgIpc) is 2.74. The fourth-order valence-corrected chi connectivity index (χ4v) is 1.84. The summed E-state index contributed by atoms with van der Waals surface area (Å²) in [6.45, 7) is 1.45. The van der Waals surface area contributed by atoms with Gasteiger partial charge in [-0.25, -0.2) is 0 Å². The van der Waals surface area contributed by atoms with E-state index in [2.05, 4.69) is 20.2 Å². The Morgan fingerprint density at radius 3 is 2.57 bits per heavy atom. The molecule has 1 aliphatic rings. The van der Waals surface area contributed by atoms with Crippen molar-refractivity contribution in [1.29, 1.82) is 0 Å². The van der Waals surface area contributed by atoms with Crippen LogP contribution in [0.25, 0.3) is 11.4 Å². The summed E-state index contributed by atoms with van der Waals surface area (Å²) in [5, 5.41) is 6.77. The van der Waals surface area contributed by atoms with Crippen LogP contribution in [0.2, 0.25) is 0 Å². The van der Waals surface area contributed by atoms with Gasteiger partial charge in [-0.2, -0.15) is 4.98 Å². The molecule has 21 heavy (non-hydrogen) atoms. The van der Waals surface area contributed by atoms with Crippen LogP contribution in [-0.2, 0) is 0 Å². The normalized spacial score (nSPS) is 15.2. The summed E-state index contributed by atoms with van der Waals surface area (Å²) in [5.41, 5.74) is 0.145. The monoisotopic (exact) mass is 321 g/mol. The first kappa shape index (κ1) is 15.6. The predicted octanol–water partition coefficient (Wildman–Crippen LogP) is 2.74. The van der Waals surface area contributed by atoms with E-state index in [9.17, 15) is 13.2 Å². The highest BCUT2D eigenvalue weighted by Crippen LogP contribution is 2.32. The second-order valence-corrected chi connectivity index (χ2v) is 4.36. The molecule has 0 saturated carbocycles. The smallest absolute Gasteiger partial charge is 0.405 e. The Bertz CT molecular complexity index is 614. The second kappa shape index (κ2) is 5.90. The third kappa shape index (κ3) is 3.45. The van der Waals surface area contributed by atoms with E-state index in [0.717, 1.165) is 13.1 Å². The van der Waals surface area contributed by atoms with Crippen molar-refractivity contribution in [2.45, 2.75) is 12.3 Å². The fourth-order valence-electron chi connectivity index (χ4n) is 1.84. The average molecular weight is 322 g/mol. The minimum atomic E-state index is -4.76. The fraction of sp³-hybridized carbons (Fsp3) is 0.333. The van der Waals surface area contributed by atoms with Crippen molar-refractivity contribution in [3.05, 3.63) is 30.2 Å². The molecule has 9 heteroatoms. The highest BCUT2D eigenvalue weighted by atomic mass is 35.5. The lowest BCUT2D eigenvalue weighted by molar-refractivity contribution is -0.274. The predicted molar refractivity (Wildman–Crippen MR) is 69.3 cm³/mol. The molecule has 0 unspecified atom stereocenters. The van der Waals surface area contributed by atoms with Gasteiger partial charge in [0.25, 0.3) is 0 Å². The molecule has 5 nitrogen and oxygen atoms in total. The summed E-state index contributed by atoms with van der Waals surface area (Å²) in [6, 6.07) is 5.69. The lowest BCUT2D eigenvalue weighted by Crippen LogP contribution is -2.40. The first-order valence-electron chi connectivity index (χ1n) is 5.92. The van der Waals surface area contributed by atoms with Crippen molar-refractivity contribution in [3.8, 4) is 17.1 Å². The van der Waals surface area contributed by atoms with Crippen LogP contribution in [0.4, 0.5) is 13.2 Å². The summed E-state index contributed by atoms with van der Waals surface area (Å²) < 4.78 is 46.1. The van der Waals surface area contributed by atoms with E-state index in [-0.39, 0.29) is 35.5 Å². The maximum Gasteiger partial charge on any atom is 0.573 e. The van der Waals surface area contributed by atoms with Gasteiger partial charge in [0.05, 0.1) is 11.5 Å². The maximum absolute atomic E-state index is 12.3. The molecule has 1 aromatic carbocycles. The van der Waals surface area contributed by atoms with Crippen LogP contribution in [0.15, 0.2) is 28.8 Å². The molecule has 2 aromatic rings. The number of aromatic nitrogens is 2. The number of ether oxygens (including phenoxy) is 1. The Balaban J connectivity index is 0.00000161. The van der Waals surface area contributed by atoms with Gasteiger partial charge in [-0.1, -0.05) is 17.3 Å². The molecule has 2 heterocycles. The summed E-state index contributed by atoms with van der Waals surface area (Å²) >= 11 is 0. The van der Waals surface area contributed by atoms with Crippen molar-refractivity contribution < 1.29 is 22.4 Å². The van der Waals surface area contributed by atoms with Gasteiger partial charge in [-0.3, -0.25) is 0 Å². The number of para-hydroxylation sites is 1. The number of nitrogens with one attached hydrogen (secondary N) is 1. The van der Waals surface area contributed by atoms with Crippen molar-refractivity contribution in [2.24, 2.45) is 0 Å². The highest BCUT2D eigenvalue weighted by Gasteiger charge is 2.33. The molecule has 0 radical (unpaired) electrons. The van der Waals surface area contributed by atoms with Crippen LogP contribution in [0.5, 0.6) is 5.75 Å². The highest BCUT2D eigenvalue weighted by molar-refractivity contribution is 5.85. The van der Waals surface area contributed by atoms with E-state index in [1.807, 2.05) is 0 Å². The number of rotatable bonds is 3. The molecule has 114 valence electrons. The van der Waals surface area contributed by atoms with E-state index in [1.54, 1.807) is 6.07 Å². The number of hydrogen-bond acceptors (Lipinski definition) is 5. The van der Waals surface area contributed by atoms with Crippen molar-refractivity contribution in [2.75, 3.05) is 13.1 Å². The van der Waals surface area contributed by atoms with Crippen LogP contribution in [0.3, 0.4) is 0 Å². The van der Waals surface area contributed by atoms with Crippen molar-refractivity contribution >= 4 is 12.4 Å². The first-order valence-corrected chi connectivity index (χ1v) is 5.92. The first-order chi connectivity index (χ1) is 9.53. The molecule has 1 N–H and O–H groups in total. The van der Waals surface area contributed by atoms with E-state index >= 15 is 0 Å². The summed E-state index contributed by atoms with van der Waals surface area (Å²) in [4.78, 5) is 4.13.